The number of aromatic carboxylic acids is 1. The number of nitrogens with one attached hydrogen (secondary N) is 1. The molecule has 118 valence electrons. The highest BCUT2D eigenvalue weighted by Gasteiger charge is 2.28. The van der Waals surface area contributed by atoms with Crippen molar-refractivity contribution >= 4 is 28.0 Å². The van der Waals surface area contributed by atoms with Gasteiger partial charge in [-0.2, -0.15) is 5.10 Å². The zero-order valence-corrected chi connectivity index (χ0v) is 13.2. The molecule has 1 saturated carbocycles. The first-order valence-electron chi connectivity index (χ1n) is 7.42. The summed E-state index contributed by atoms with van der Waals surface area (Å²) in [5.41, 5.74) is 0.724. The maximum atomic E-state index is 11.4. The van der Waals surface area contributed by atoms with E-state index in [2.05, 4.69) is 27.3 Å². The van der Waals surface area contributed by atoms with Gasteiger partial charge < -0.3 is 10.4 Å². The third-order valence-electron chi connectivity index (χ3n) is 4.02. The number of hydrogen-bond acceptors (Lipinski definition) is 6. The fraction of sp³-hybridized carbons (Fsp3) is 0.333. The third-order valence-corrected chi connectivity index (χ3v) is 4.91. The number of hydrogen-bond donors (Lipinski definition) is 2. The van der Waals surface area contributed by atoms with Crippen LogP contribution in [0.2, 0.25) is 0 Å². The predicted molar refractivity (Wildman–Crippen MR) is 86.9 cm³/mol. The summed E-state index contributed by atoms with van der Waals surface area (Å²) in [5, 5.41) is 18.8. The molecule has 0 aliphatic heterocycles. The second kappa shape index (κ2) is 5.31. The first-order valence-corrected chi connectivity index (χ1v) is 8.30. The average molecular weight is 329 g/mol. The van der Waals surface area contributed by atoms with Crippen LogP contribution in [0.15, 0.2) is 23.8 Å². The summed E-state index contributed by atoms with van der Waals surface area (Å²) >= 11 is 1.52. The summed E-state index contributed by atoms with van der Waals surface area (Å²) in [6.07, 6.45) is 5.92. The van der Waals surface area contributed by atoms with Gasteiger partial charge in [0.2, 0.25) is 0 Å². The van der Waals surface area contributed by atoms with Crippen molar-refractivity contribution in [2.45, 2.75) is 25.8 Å². The Bertz CT molecular complexity index is 883. The molecular weight excluding hydrogens is 314 g/mol. The van der Waals surface area contributed by atoms with E-state index in [1.165, 1.54) is 30.2 Å². The SMILES string of the molecule is C[C@@H](Nc1cc(C(=O)O)nc(-c2cnn3ccsc23)n1)C1CC1. The zero-order chi connectivity index (χ0) is 16.0. The lowest BCUT2D eigenvalue weighted by molar-refractivity contribution is 0.0690. The van der Waals surface area contributed by atoms with E-state index in [1.807, 2.05) is 11.6 Å². The summed E-state index contributed by atoms with van der Waals surface area (Å²) in [7, 11) is 0. The molecule has 0 unspecified atom stereocenters. The molecular formula is C15H15N5O2S. The number of carboxylic acid groups (broad SMARTS) is 1. The molecule has 3 heterocycles. The van der Waals surface area contributed by atoms with Crippen molar-refractivity contribution in [3.05, 3.63) is 29.5 Å². The Morgan fingerprint density at radius 3 is 3.04 bits per heavy atom. The quantitative estimate of drug-likeness (QED) is 0.748. The Kier molecular flexibility index (Phi) is 3.26. The Labute approximate surface area is 136 Å². The van der Waals surface area contributed by atoms with Crippen LogP contribution in [-0.2, 0) is 0 Å². The lowest BCUT2D eigenvalue weighted by atomic mass is 10.2. The minimum Gasteiger partial charge on any atom is -0.477 e. The van der Waals surface area contributed by atoms with Crippen LogP contribution in [0, 0.1) is 5.92 Å². The fourth-order valence-corrected chi connectivity index (χ4v) is 3.37. The summed E-state index contributed by atoms with van der Waals surface area (Å²) in [6.45, 7) is 2.09. The number of nitrogens with zero attached hydrogens (tertiary/aromatic N) is 4. The predicted octanol–water partition coefficient (Wildman–Crippen LogP) is 2.76. The monoisotopic (exact) mass is 329 g/mol. The molecule has 0 bridgehead atoms. The highest BCUT2D eigenvalue weighted by Crippen LogP contribution is 2.34. The van der Waals surface area contributed by atoms with Gasteiger partial charge >= 0.3 is 5.97 Å². The summed E-state index contributed by atoms with van der Waals surface area (Å²) in [4.78, 5) is 21.0. The van der Waals surface area contributed by atoms with Crippen molar-refractivity contribution in [3.63, 3.8) is 0 Å². The molecule has 1 aliphatic carbocycles. The van der Waals surface area contributed by atoms with E-state index in [0.717, 1.165) is 10.4 Å². The Hall–Kier alpha value is -2.48. The van der Waals surface area contributed by atoms with E-state index in [9.17, 15) is 9.90 Å². The molecule has 1 atom stereocenters. The van der Waals surface area contributed by atoms with E-state index < -0.39 is 5.97 Å². The molecule has 0 radical (unpaired) electrons. The largest absolute Gasteiger partial charge is 0.477 e. The minimum absolute atomic E-state index is 0.0172. The molecule has 3 aromatic heterocycles. The molecule has 2 N–H and O–H groups in total. The molecule has 1 fully saturated rings. The number of carboxylic acids is 1. The van der Waals surface area contributed by atoms with Crippen LogP contribution >= 0.6 is 11.3 Å². The van der Waals surface area contributed by atoms with E-state index in [1.54, 1.807) is 10.7 Å². The summed E-state index contributed by atoms with van der Waals surface area (Å²) < 4.78 is 1.73. The molecule has 8 heteroatoms. The summed E-state index contributed by atoms with van der Waals surface area (Å²) in [5.74, 6) is 0.503. The number of thiazole rings is 1. The Morgan fingerprint density at radius 2 is 2.30 bits per heavy atom. The lowest BCUT2D eigenvalue weighted by Gasteiger charge is -2.14. The topological polar surface area (TPSA) is 92.4 Å². The lowest BCUT2D eigenvalue weighted by Crippen LogP contribution is -2.19. The highest BCUT2D eigenvalue weighted by atomic mass is 32.1. The van der Waals surface area contributed by atoms with Crippen LogP contribution in [0.1, 0.15) is 30.3 Å². The molecule has 0 saturated heterocycles. The standard InChI is InChI=1S/C15H15N5O2S/c1-8(9-2-3-9)17-12-6-11(15(21)22)18-13(19-12)10-7-16-20-4-5-23-14(10)20/h4-9H,2-3H2,1H3,(H,21,22)(H,17,18,19)/t8-/m1/s1. The normalized spacial score (nSPS) is 15.7. The van der Waals surface area contributed by atoms with E-state index in [4.69, 9.17) is 0 Å². The van der Waals surface area contributed by atoms with Crippen molar-refractivity contribution in [2.24, 2.45) is 5.92 Å². The summed E-state index contributed by atoms with van der Waals surface area (Å²) in [6, 6.07) is 1.76. The van der Waals surface area contributed by atoms with Crippen molar-refractivity contribution in [2.75, 3.05) is 5.32 Å². The van der Waals surface area contributed by atoms with E-state index >= 15 is 0 Å². The van der Waals surface area contributed by atoms with E-state index in [0.29, 0.717) is 17.6 Å². The van der Waals surface area contributed by atoms with Crippen LogP contribution in [-0.4, -0.2) is 36.7 Å². The molecule has 23 heavy (non-hydrogen) atoms. The van der Waals surface area contributed by atoms with Crippen LogP contribution in [0.5, 0.6) is 0 Å². The van der Waals surface area contributed by atoms with Crippen LogP contribution in [0.4, 0.5) is 5.82 Å². The van der Waals surface area contributed by atoms with Gasteiger partial charge in [-0.15, -0.1) is 11.3 Å². The van der Waals surface area contributed by atoms with Gasteiger partial charge in [0.15, 0.2) is 11.5 Å². The average Bonchev–Trinajstić information content (AvgIpc) is 3.14. The van der Waals surface area contributed by atoms with Crippen molar-refractivity contribution in [1.29, 1.82) is 0 Å². The number of carbonyl (C=O) groups is 1. The number of aromatic nitrogens is 4. The van der Waals surface area contributed by atoms with Gasteiger partial charge in [-0.1, -0.05) is 0 Å². The highest BCUT2D eigenvalue weighted by molar-refractivity contribution is 7.16. The zero-order valence-electron chi connectivity index (χ0n) is 12.4. The smallest absolute Gasteiger partial charge is 0.354 e. The fourth-order valence-electron chi connectivity index (χ4n) is 2.58. The maximum absolute atomic E-state index is 11.4. The second-order valence-corrected chi connectivity index (χ2v) is 6.64. The van der Waals surface area contributed by atoms with E-state index in [-0.39, 0.29) is 11.7 Å². The van der Waals surface area contributed by atoms with Crippen LogP contribution < -0.4 is 5.32 Å². The molecule has 7 nitrogen and oxygen atoms in total. The first kappa shape index (κ1) is 14.1. The molecule has 0 amide bonds. The van der Waals surface area contributed by atoms with Gasteiger partial charge in [0.25, 0.3) is 0 Å². The third kappa shape index (κ3) is 2.65. The van der Waals surface area contributed by atoms with Crippen molar-refractivity contribution in [1.82, 2.24) is 19.6 Å². The van der Waals surface area contributed by atoms with Gasteiger partial charge in [-0.3, -0.25) is 0 Å². The molecule has 3 aromatic rings. The molecule has 4 rings (SSSR count). The van der Waals surface area contributed by atoms with Gasteiger partial charge in [0.05, 0.1) is 11.8 Å². The molecule has 0 aromatic carbocycles. The Balaban J connectivity index is 1.77. The minimum atomic E-state index is -1.06. The molecule has 0 spiro atoms. The van der Waals surface area contributed by atoms with Crippen molar-refractivity contribution in [3.8, 4) is 11.4 Å². The van der Waals surface area contributed by atoms with Gasteiger partial charge in [0, 0.05) is 23.7 Å². The van der Waals surface area contributed by atoms with Gasteiger partial charge in [0.1, 0.15) is 10.6 Å². The Morgan fingerprint density at radius 1 is 1.48 bits per heavy atom. The maximum Gasteiger partial charge on any atom is 0.354 e. The number of fused-ring (bicyclic) bond motifs is 1. The van der Waals surface area contributed by atoms with Crippen molar-refractivity contribution < 1.29 is 9.90 Å². The van der Waals surface area contributed by atoms with Crippen LogP contribution in [0.3, 0.4) is 0 Å². The van der Waals surface area contributed by atoms with Gasteiger partial charge in [-0.05, 0) is 25.7 Å². The number of anilines is 1. The second-order valence-electron chi connectivity index (χ2n) is 5.75. The number of rotatable bonds is 5. The molecule has 1 aliphatic rings. The van der Waals surface area contributed by atoms with Gasteiger partial charge in [-0.25, -0.2) is 19.3 Å². The van der Waals surface area contributed by atoms with Crippen LogP contribution in [0.25, 0.3) is 16.2 Å². The first-order chi connectivity index (χ1) is 11.1.